The molecule has 8 nitrogen and oxygen atoms in total. The van der Waals surface area contributed by atoms with Crippen molar-refractivity contribution in [2.75, 3.05) is 20.3 Å². The largest absolute Gasteiger partial charge is 0.467 e. The number of thiazole rings is 1. The van der Waals surface area contributed by atoms with Crippen LogP contribution < -0.4 is 5.32 Å². The number of hydrogen-bond acceptors (Lipinski definition) is 8. The van der Waals surface area contributed by atoms with Crippen LogP contribution in [0.4, 0.5) is 0 Å². The van der Waals surface area contributed by atoms with Gasteiger partial charge in [-0.1, -0.05) is 46.2 Å². The zero-order chi connectivity index (χ0) is 26.2. The van der Waals surface area contributed by atoms with Crippen LogP contribution in [0.3, 0.4) is 0 Å². The first-order valence-electron chi connectivity index (χ1n) is 11.7. The number of aromatic nitrogens is 1. The average Bonchev–Trinajstić information content (AvgIpc) is 3.31. The first kappa shape index (κ1) is 28.7. The normalized spacial score (nSPS) is 12.7. The second kappa shape index (κ2) is 12.4. The van der Waals surface area contributed by atoms with E-state index in [-0.39, 0.29) is 17.3 Å². The lowest BCUT2D eigenvalue weighted by Gasteiger charge is -2.37. The third-order valence-corrected chi connectivity index (χ3v) is 11.4. The molecule has 35 heavy (non-hydrogen) atoms. The monoisotopic (exact) mass is 520 g/mol. The molecule has 2 rings (SSSR count). The summed E-state index contributed by atoms with van der Waals surface area (Å²) in [5.41, 5.74) is 1.29. The number of esters is 2. The van der Waals surface area contributed by atoms with Crippen molar-refractivity contribution in [1.29, 1.82) is 0 Å². The predicted octanol–water partition coefficient (Wildman–Crippen LogP) is 5.06. The van der Waals surface area contributed by atoms with E-state index in [0.29, 0.717) is 22.7 Å². The number of methoxy groups -OCH3 is 1. The zero-order valence-corrected chi connectivity index (χ0v) is 23.4. The molecule has 0 unspecified atom stereocenters. The molecule has 1 amide bonds. The SMILES string of the molecule is CCCCOC(=O)c1cccc(-c2nc(C(=O)N[C@@H](CO[Si](C)(C)C(C)(C)C)C(=O)OC)cs2)c1. The van der Waals surface area contributed by atoms with Gasteiger partial charge in [-0.2, -0.15) is 0 Å². The zero-order valence-electron chi connectivity index (χ0n) is 21.6. The van der Waals surface area contributed by atoms with E-state index in [2.05, 4.69) is 44.2 Å². The van der Waals surface area contributed by atoms with E-state index < -0.39 is 32.2 Å². The molecule has 2 aromatic rings. The van der Waals surface area contributed by atoms with Gasteiger partial charge < -0.3 is 19.2 Å². The van der Waals surface area contributed by atoms with Crippen molar-refractivity contribution in [2.45, 2.75) is 64.7 Å². The van der Waals surface area contributed by atoms with Crippen LogP contribution in [0.1, 0.15) is 61.4 Å². The van der Waals surface area contributed by atoms with Gasteiger partial charge >= 0.3 is 11.9 Å². The Hall–Kier alpha value is -2.56. The maximum Gasteiger partial charge on any atom is 0.338 e. The smallest absolute Gasteiger partial charge is 0.338 e. The maximum atomic E-state index is 12.9. The number of amides is 1. The number of carbonyl (C=O) groups is 3. The molecular weight excluding hydrogens is 484 g/mol. The molecule has 1 aromatic heterocycles. The maximum absolute atomic E-state index is 12.9. The summed E-state index contributed by atoms with van der Waals surface area (Å²) in [6.45, 7) is 12.9. The molecule has 0 saturated carbocycles. The highest BCUT2D eigenvalue weighted by Gasteiger charge is 2.38. The average molecular weight is 521 g/mol. The Morgan fingerprint density at radius 1 is 1.20 bits per heavy atom. The Kier molecular flexibility index (Phi) is 10.2. The van der Waals surface area contributed by atoms with Crippen LogP contribution in [-0.2, 0) is 18.7 Å². The van der Waals surface area contributed by atoms with Gasteiger partial charge in [0.1, 0.15) is 16.7 Å². The van der Waals surface area contributed by atoms with Crippen LogP contribution in [0.5, 0.6) is 0 Å². The van der Waals surface area contributed by atoms with Crippen molar-refractivity contribution in [3.8, 4) is 10.6 Å². The third-order valence-electron chi connectivity index (χ3n) is 6.02. The van der Waals surface area contributed by atoms with E-state index in [1.807, 2.05) is 13.0 Å². The van der Waals surface area contributed by atoms with Crippen LogP contribution >= 0.6 is 11.3 Å². The van der Waals surface area contributed by atoms with Gasteiger partial charge in [0.2, 0.25) is 0 Å². The summed E-state index contributed by atoms with van der Waals surface area (Å²) in [6.07, 6.45) is 1.75. The second-order valence-corrected chi connectivity index (χ2v) is 15.4. The van der Waals surface area contributed by atoms with Crippen LogP contribution in [-0.4, -0.2) is 57.5 Å². The molecule has 0 aliphatic carbocycles. The van der Waals surface area contributed by atoms with E-state index in [9.17, 15) is 14.4 Å². The summed E-state index contributed by atoms with van der Waals surface area (Å²) < 4.78 is 16.3. The van der Waals surface area contributed by atoms with E-state index in [1.54, 1.807) is 23.6 Å². The van der Waals surface area contributed by atoms with Gasteiger partial charge in [0.15, 0.2) is 8.32 Å². The number of carbonyl (C=O) groups excluding carboxylic acids is 3. The molecule has 1 N–H and O–H groups in total. The van der Waals surface area contributed by atoms with Gasteiger partial charge in [-0.05, 0) is 36.7 Å². The summed E-state index contributed by atoms with van der Waals surface area (Å²) in [5, 5.41) is 4.83. The van der Waals surface area contributed by atoms with E-state index in [0.717, 1.165) is 12.8 Å². The summed E-state index contributed by atoms with van der Waals surface area (Å²) in [5.74, 6) is -1.48. The number of hydrogen-bond donors (Lipinski definition) is 1. The fraction of sp³-hybridized carbons (Fsp3) is 0.520. The number of nitrogens with zero attached hydrogens (tertiary/aromatic N) is 1. The third kappa shape index (κ3) is 7.98. The van der Waals surface area contributed by atoms with Gasteiger partial charge in [0.25, 0.3) is 5.91 Å². The quantitative estimate of drug-likeness (QED) is 0.251. The van der Waals surface area contributed by atoms with E-state index in [4.69, 9.17) is 13.9 Å². The Balaban J connectivity index is 2.12. The Labute approximate surface area is 212 Å². The minimum atomic E-state index is -2.13. The number of nitrogens with one attached hydrogen (secondary N) is 1. The molecule has 192 valence electrons. The molecule has 0 aliphatic heterocycles. The first-order valence-corrected chi connectivity index (χ1v) is 15.4. The van der Waals surface area contributed by atoms with Gasteiger partial charge in [-0.15, -0.1) is 11.3 Å². The summed E-state index contributed by atoms with van der Waals surface area (Å²) in [6, 6.07) is 5.99. The van der Waals surface area contributed by atoms with Crippen LogP contribution in [0, 0.1) is 0 Å². The van der Waals surface area contributed by atoms with Crippen molar-refractivity contribution >= 4 is 37.5 Å². The van der Waals surface area contributed by atoms with Crippen molar-refractivity contribution < 1.29 is 28.3 Å². The molecule has 1 heterocycles. The predicted molar refractivity (Wildman–Crippen MR) is 139 cm³/mol. The van der Waals surface area contributed by atoms with Gasteiger partial charge in [-0.25, -0.2) is 14.6 Å². The van der Waals surface area contributed by atoms with Crippen LogP contribution in [0.15, 0.2) is 29.6 Å². The Bertz CT molecular complexity index is 1030. The lowest BCUT2D eigenvalue weighted by molar-refractivity contribution is -0.143. The van der Waals surface area contributed by atoms with Crippen molar-refractivity contribution in [3.05, 3.63) is 40.9 Å². The molecule has 0 radical (unpaired) electrons. The van der Waals surface area contributed by atoms with Gasteiger partial charge in [0, 0.05) is 10.9 Å². The topological polar surface area (TPSA) is 104 Å². The number of unbranched alkanes of at least 4 members (excludes halogenated alkanes) is 1. The summed E-state index contributed by atoms with van der Waals surface area (Å²) in [4.78, 5) is 41.9. The Morgan fingerprint density at radius 2 is 1.91 bits per heavy atom. The van der Waals surface area contributed by atoms with Crippen LogP contribution in [0.2, 0.25) is 18.1 Å². The van der Waals surface area contributed by atoms with E-state index >= 15 is 0 Å². The first-order chi connectivity index (χ1) is 16.4. The minimum absolute atomic E-state index is 0.0219. The highest BCUT2D eigenvalue weighted by molar-refractivity contribution is 7.13. The molecule has 10 heteroatoms. The fourth-order valence-corrected chi connectivity index (χ4v) is 4.55. The molecule has 0 fully saturated rings. The van der Waals surface area contributed by atoms with Crippen molar-refractivity contribution in [1.82, 2.24) is 10.3 Å². The molecule has 0 spiro atoms. The lowest BCUT2D eigenvalue weighted by atomic mass is 10.1. The molecule has 0 saturated heterocycles. The lowest BCUT2D eigenvalue weighted by Crippen LogP contribution is -2.49. The van der Waals surface area contributed by atoms with Gasteiger partial charge in [0.05, 0.1) is 25.9 Å². The Morgan fingerprint density at radius 3 is 2.54 bits per heavy atom. The fourth-order valence-electron chi connectivity index (χ4n) is 2.73. The minimum Gasteiger partial charge on any atom is -0.467 e. The molecule has 0 bridgehead atoms. The molecule has 0 aliphatic rings. The molecule has 1 atom stereocenters. The second-order valence-electron chi connectivity index (χ2n) is 9.73. The number of ether oxygens (including phenoxy) is 2. The van der Waals surface area contributed by atoms with Crippen molar-refractivity contribution in [2.24, 2.45) is 0 Å². The highest BCUT2D eigenvalue weighted by atomic mass is 32.1. The van der Waals surface area contributed by atoms with E-state index in [1.165, 1.54) is 18.4 Å². The molecule has 1 aromatic carbocycles. The molecular formula is C25H36N2O6SSi. The number of rotatable bonds is 11. The summed E-state index contributed by atoms with van der Waals surface area (Å²) in [7, 11) is -0.860. The van der Waals surface area contributed by atoms with Crippen LogP contribution in [0.25, 0.3) is 10.6 Å². The summed E-state index contributed by atoms with van der Waals surface area (Å²) >= 11 is 1.27. The van der Waals surface area contributed by atoms with Gasteiger partial charge in [-0.3, -0.25) is 4.79 Å². The standard InChI is InChI=1S/C25H36N2O6SSi/c1-8-9-13-32-23(29)18-12-10-11-17(14-18)22-27-20(16-34-22)21(28)26-19(24(30)31-5)15-33-35(6,7)25(2,3)4/h10-12,14,16,19H,8-9,13,15H2,1-7H3,(H,26,28)/t19-/m0/s1. The number of benzene rings is 1. The highest BCUT2D eigenvalue weighted by Crippen LogP contribution is 2.36. The van der Waals surface area contributed by atoms with Crippen molar-refractivity contribution in [3.63, 3.8) is 0 Å².